The van der Waals surface area contributed by atoms with Crippen molar-refractivity contribution in [1.29, 1.82) is 0 Å². The van der Waals surface area contributed by atoms with Crippen molar-refractivity contribution < 1.29 is 9.47 Å². The highest BCUT2D eigenvalue weighted by Gasteiger charge is 2.15. The predicted molar refractivity (Wildman–Crippen MR) is 74.0 cm³/mol. The molecular weight excluding hydrogens is 228 g/mol. The third kappa shape index (κ3) is 5.25. The molecule has 0 aliphatic rings. The van der Waals surface area contributed by atoms with E-state index in [1.165, 1.54) is 0 Å². The molecule has 102 valence electrons. The van der Waals surface area contributed by atoms with Crippen LogP contribution >= 0.6 is 0 Å². The minimum Gasteiger partial charge on any atom is -0.478 e. The molecule has 0 saturated carbocycles. The van der Waals surface area contributed by atoms with Gasteiger partial charge in [0.1, 0.15) is 5.60 Å². The van der Waals surface area contributed by atoms with Crippen LogP contribution in [0.5, 0.6) is 11.8 Å². The van der Waals surface area contributed by atoms with Gasteiger partial charge in [0.2, 0.25) is 11.8 Å². The molecule has 0 atom stereocenters. The number of nitrogen functional groups attached to an aromatic ring is 1. The normalized spacial score (nSPS) is 11.7. The van der Waals surface area contributed by atoms with E-state index in [2.05, 4.69) is 18.8 Å². The van der Waals surface area contributed by atoms with E-state index in [0.29, 0.717) is 30.0 Å². The maximum atomic E-state index is 5.83. The summed E-state index contributed by atoms with van der Waals surface area (Å²) in [5.74, 6) is 1.61. The molecule has 1 aromatic heterocycles. The fourth-order valence-corrected chi connectivity index (χ4v) is 1.29. The number of nitrogens with two attached hydrogens (primary N) is 1. The van der Waals surface area contributed by atoms with Crippen LogP contribution in [0.1, 0.15) is 41.0 Å². The number of rotatable bonds is 5. The van der Waals surface area contributed by atoms with Gasteiger partial charge in [0.05, 0.1) is 12.3 Å². The number of anilines is 1. The van der Waals surface area contributed by atoms with Crippen LogP contribution in [0.15, 0.2) is 12.1 Å². The lowest BCUT2D eigenvalue weighted by Crippen LogP contribution is -2.24. The van der Waals surface area contributed by atoms with Gasteiger partial charge in [-0.1, -0.05) is 13.8 Å². The number of hydrogen-bond donors (Lipinski definition) is 1. The Kier molecular flexibility index (Phi) is 4.82. The number of pyridine rings is 1. The van der Waals surface area contributed by atoms with Gasteiger partial charge in [-0.3, -0.25) is 0 Å². The number of aromatic nitrogens is 1. The molecule has 0 bridgehead atoms. The monoisotopic (exact) mass is 252 g/mol. The Morgan fingerprint density at radius 2 is 1.94 bits per heavy atom. The van der Waals surface area contributed by atoms with Gasteiger partial charge in [0.15, 0.2) is 0 Å². The van der Waals surface area contributed by atoms with Crippen molar-refractivity contribution in [3.05, 3.63) is 12.1 Å². The molecule has 0 aromatic carbocycles. The summed E-state index contributed by atoms with van der Waals surface area (Å²) >= 11 is 0. The maximum absolute atomic E-state index is 5.83. The Bertz CT molecular complexity index is 384. The first kappa shape index (κ1) is 14.6. The summed E-state index contributed by atoms with van der Waals surface area (Å²) in [5, 5.41) is 0. The van der Waals surface area contributed by atoms with E-state index in [0.717, 1.165) is 6.42 Å². The number of ether oxygens (including phenoxy) is 2. The van der Waals surface area contributed by atoms with Gasteiger partial charge in [-0.05, 0) is 39.2 Å². The molecular formula is C14H24N2O2. The fourth-order valence-electron chi connectivity index (χ4n) is 1.29. The Hall–Kier alpha value is -1.45. The molecule has 0 fully saturated rings. The largest absolute Gasteiger partial charge is 0.478 e. The summed E-state index contributed by atoms with van der Waals surface area (Å²) in [7, 11) is 0. The molecule has 18 heavy (non-hydrogen) atoms. The lowest BCUT2D eigenvalue weighted by Gasteiger charge is -2.21. The van der Waals surface area contributed by atoms with Crippen LogP contribution in [0.3, 0.4) is 0 Å². The molecule has 0 saturated heterocycles. The molecule has 0 aliphatic heterocycles. The second-order valence-corrected chi connectivity index (χ2v) is 5.79. The van der Waals surface area contributed by atoms with Crippen molar-refractivity contribution in [2.75, 3.05) is 12.3 Å². The van der Waals surface area contributed by atoms with E-state index < -0.39 is 0 Å². The third-order valence-electron chi connectivity index (χ3n) is 2.21. The third-order valence-corrected chi connectivity index (χ3v) is 2.21. The molecule has 1 aromatic rings. The Labute approximate surface area is 110 Å². The summed E-state index contributed by atoms with van der Waals surface area (Å²) in [5.41, 5.74) is 6.04. The summed E-state index contributed by atoms with van der Waals surface area (Å²) in [6, 6.07) is 3.53. The van der Waals surface area contributed by atoms with Gasteiger partial charge in [-0.2, -0.15) is 4.98 Å². The van der Waals surface area contributed by atoms with Gasteiger partial charge in [-0.15, -0.1) is 0 Å². The molecule has 0 spiro atoms. The van der Waals surface area contributed by atoms with Crippen molar-refractivity contribution in [2.24, 2.45) is 5.92 Å². The fraction of sp³-hybridized carbons (Fsp3) is 0.643. The summed E-state index contributed by atoms with van der Waals surface area (Å²) < 4.78 is 11.3. The van der Waals surface area contributed by atoms with Crippen LogP contribution in [0.4, 0.5) is 5.69 Å². The SMILES string of the molecule is CC(C)CCOc1ccc(N)c(OC(C)(C)C)n1. The van der Waals surface area contributed by atoms with Crippen LogP contribution in [0, 0.1) is 5.92 Å². The molecule has 1 heterocycles. The molecule has 0 radical (unpaired) electrons. The second kappa shape index (κ2) is 5.94. The Balaban J connectivity index is 2.68. The maximum Gasteiger partial charge on any atom is 0.241 e. The average molecular weight is 252 g/mol. The van der Waals surface area contributed by atoms with E-state index in [1.807, 2.05) is 20.8 Å². The summed E-state index contributed by atoms with van der Waals surface area (Å²) in [6.07, 6.45) is 1.00. The lowest BCUT2D eigenvalue weighted by atomic mass is 10.1. The molecule has 4 nitrogen and oxygen atoms in total. The molecule has 0 unspecified atom stereocenters. The lowest BCUT2D eigenvalue weighted by molar-refractivity contribution is 0.123. The zero-order valence-electron chi connectivity index (χ0n) is 12.0. The number of nitrogens with zero attached hydrogens (tertiary/aromatic N) is 1. The van der Waals surface area contributed by atoms with Crippen molar-refractivity contribution in [1.82, 2.24) is 4.98 Å². The Morgan fingerprint density at radius 1 is 1.28 bits per heavy atom. The topological polar surface area (TPSA) is 57.4 Å². The number of hydrogen-bond acceptors (Lipinski definition) is 4. The van der Waals surface area contributed by atoms with Gasteiger partial charge in [0.25, 0.3) is 0 Å². The zero-order chi connectivity index (χ0) is 13.8. The van der Waals surface area contributed by atoms with Crippen LogP contribution in [0.2, 0.25) is 0 Å². The van der Waals surface area contributed by atoms with Crippen molar-refractivity contribution in [3.8, 4) is 11.8 Å². The van der Waals surface area contributed by atoms with Gasteiger partial charge < -0.3 is 15.2 Å². The van der Waals surface area contributed by atoms with Crippen molar-refractivity contribution in [2.45, 2.75) is 46.6 Å². The van der Waals surface area contributed by atoms with Crippen LogP contribution in [-0.4, -0.2) is 17.2 Å². The van der Waals surface area contributed by atoms with Gasteiger partial charge in [0, 0.05) is 6.07 Å². The first-order valence-electron chi connectivity index (χ1n) is 6.36. The van der Waals surface area contributed by atoms with Gasteiger partial charge in [-0.25, -0.2) is 0 Å². The van der Waals surface area contributed by atoms with Crippen molar-refractivity contribution >= 4 is 5.69 Å². The molecule has 0 aliphatic carbocycles. The standard InChI is InChI=1S/C14H24N2O2/c1-10(2)8-9-17-12-7-6-11(15)13(16-12)18-14(3,4)5/h6-7,10H,8-9,15H2,1-5H3. The van der Waals surface area contributed by atoms with E-state index in [4.69, 9.17) is 15.2 Å². The minimum atomic E-state index is -0.322. The van der Waals surface area contributed by atoms with Crippen molar-refractivity contribution in [3.63, 3.8) is 0 Å². The highest BCUT2D eigenvalue weighted by Crippen LogP contribution is 2.25. The van der Waals surface area contributed by atoms with Gasteiger partial charge >= 0.3 is 0 Å². The molecule has 0 amide bonds. The predicted octanol–water partition coefficient (Wildman–Crippen LogP) is 3.27. The highest BCUT2D eigenvalue weighted by atomic mass is 16.5. The van der Waals surface area contributed by atoms with Crippen LogP contribution in [0.25, 0.3) is 0 Å². The Morgan fingerprint density at radius 3 is 2.50 bits per heavy atom. The summed E-state index contributed by atoms with van der Waals surface area (Å²) in [4.78, 5) is 4.29. The molecule has 2 N–H and O–H groups in total. The average Bonchev–Trinajstić information content (AvgIpc) is 2.20. The smallest absolute Gasteiger partial charge is 0.241 e. The van der Waals surface area contributed by atoms with E-state index in [1.54, 1.807) is 12.1 Å². The van der Waals surface area contributed by atoms with Crippen LogP contribution in [-0.2, 0) is 0 Å². The molecule has 4 heteroatoms. The minimum absolute atomic E-state index is 0.322. The molecule has 1 rings (SSSR count). The van der Waals surface area contributed by atoms with E-state index in [9.17, 15) is 0 Å². The van der Waals surface area contributed by atoms with Crippen LogP contribution < -0.4 is 15.2 Å². The summed E-state index contributed by atoms with van der Waals surface area (Å²) in [6.45, 7) is 10.9. The second-order valence-electron chi connectivity index (χ2n) is 5.79. The quantitative estimate of drug-likeness (QED) is 0.873. The zero-order valence-corrected chi connectivity index (χ0v) is 12.0. The first-order valence-corrected chi connectivity index (χ1v) is 6.36. The highest BCUT2D eigenvalue weighted by molar-refractivity contribution is 5.49. The first-order chi connectivity index (χ1) is 8.28. The van der Waals surface area contributed by atoms with E-state index in [-0.39, 0.29) is 5.60 Å². The van der Waals surface area contributed by atoms with E-state index >= 15 is 0 Å².